The van der Waals surface area contributed by atoms with Gasteiger partial charge in [-0.1, -0.05) is 48.5 Å². The number of methoxy groups -OCH3 is 1. The summed E-state index contributed by atoms with van der Waals surface area (Å²) in [6.45, 7) is 0.105. The molecule has 4 aromatic carbocycles. The second-order valence-electron chi connectivity index (χ2n) is 12.4. The average Bonchev–Trinajstić information content (AvgIpc) is 3.57. The molecule has 0 aromatic heterocycles. The number of aliphatic hydroxyl groups is 1. The second kappa shape index (κ2) is 18.5. The first-order valence-corrected chi connectivity index (χ1v) is 18.6. The number of ether oxygens (including phenoxy) is 1. The van der Waals surface area contributed by atoms with Gasteiger partial charge in [-0.25, -0.2) is 12.7 Å². The van der Waals surface area contributed by atoms with Gasteiger partial charge in [0.15, 0.2) is 0 Å². The average molecular weight is 771 g/mol. The topological polar surface area (TPSA) is 166 Å². The van der Waals surface area contributed by atoms with Crippen molar-refractivity contribution in [2.24, 2.45) is 0 Å². The minimum Gasteiger partial charge on any atom is -0.497 e. The fourth-order valence-corrected chi connectivity index (χ4v) is 6.93. The number of carbonyl (C=O) groups excluding carboxylic acids is 2. The first-order valence-electron chi connectivity index (χ1n) is 16.7. The van der Waals surface area contributed by atoms with Gasteiger partial charge < -0.3 is 30.5 Å². The Balaban J connectivity index is 0.00000209. The smallest absolute Gasteiger partial charge is 0.416 e. The third-order valence-corrected chi connectivity index (χ3v) is 9.52. The summed E-state index contributed by atoms with van der Waals surface area (Å²) in [7, 11) is -2.48. The Morgan fingerprint density at radius 3 is 2.24 bits per heavy atom. The lowest BCUT2D eigenvalue weighted by atomic mass is 10.00. The number of aliphatic hydroxyl groups excluding tert-OH is 1. The number of anilines is 3. The fraction of sp³-hybridized carbons (Fsp3) is 0.289. The Bertz CT molecular complexity index is 2000. The summed E-state index contributed by atoms with van der Waals surface area (Å²) < 4.78 is 72.4. The van der Waals surface area contributed by atoms with Crippen molar-refractivity contribution in [3.05, 3.63) is 119 Å². The van der Waals surface area contributed by atoms with E-state index in [4.69, 9.17) is 14.6 Å². The van der Waals surface area contributed by atoms with Crippen LogP contribution in [-0.4, -0.2) is 75.5 Å². The first kappa shape index (κ1) is 41.3. The molecule has 4 N–H and O–H groups in total. The molecule has 4 aromatic rings. The molecule has 12 nitrogen and oxygen atoms in total. The number of benzene rings is 4. The van der Waals surface area contributed by atoms with Gasteiger partial charge in [0.25, 0.3) is 12.4 Å². The highest BCUT2D eigenvalue weighted by atomic mass is 32.2. The van der Waals surface area contributed by atoms with Gasteiger partial charge in [-0.05, 0) is 72.5 Å². The van der Waals surface area contributed by atoms with Crippen LogP contribution in [-0.2, 0) is 38.8 Å². The van der Waals surface area contributed by atoms with E-state index in [0.29, 0.717) is 36.4 Å². The predicted octanol–water partition coefficient (Wildman–Crippen LogP) is 5.13. The Kier molecular flexibility index (Phi) is 14.2. The van der Waals surface area contributed by atoms with E-state index < -0.39 is 39.8 Å². The van der Waals surface area contributed by atoms with Crippen molar-refractivity contribution < 1.29 is 50.9 Å². The van der Waals surface area contributed by atoms with Gasteiger partial charge in [-0.2, -0.15) is 13.2 Å². The quantitative estimate of drug-likeness (QED) is 0.127. The number of hydrogen-bond acceptors (Lipinski definition) is 8. The van der Waals surface area contributed by atoms with E-state index in [1.165, 1.54) is 30.2 Å². The minimum atomic E-state index is -4.49. The zero-order chi connectivity index (χ0) is 39.5. The molecule has 5 rings (SSSR count). The molecule has 1 aliphatic heterocycles. The number of halogens is 3. The SMILES string of the molecule is COc1ccc(N(c2cc(C(=O)N[C@@H](Cc3ccccc3)[C@H](O)CNCc3cccc(C(F)(F)F)c3)cc(N3CCCC3=O)c2)S(C)(=O)=O)cc1.O=CO. The Labute approximate surface area is 311 Å². The number of carbonyl (C=O) groups is 3. The largest absolute Gasteiger partial charge is 0.497 e. The molecule has 0 saturated carbocycles. The number of alkyl halides is 3. The van der Waals surface area contributed by atoms with Crippen LogP contribution >= 0.6 is 0 Å². The van der Waals surface area contributed by atoms with Crippen molar-refractivity contribution in [1.82, 2.24) is 10.6 Å². The highest BCUT2D eigenvalue weighted by molar-refractivity contribution is 7.92. The lowest BCUT2D eigenvalue weighted by molar-refractivity contribution is -0.137. The van der Waals surface area contributed by atoms with E-state index >= 15 is 0 Å². The van der Waals surface area contributed by atoms with Crippen LogP contribution < -0.4 is 24.6 Å². The highest BCUT2D eigenvalue weighted by Crippen LogP contribution is 2.35. The zero-order valence-electron chi connectivity index (χ0n) is 29.5. The van der Waals surface area contributed by atoms with Gasteiger partial charge in [0.05, 0.1) is 42.4 Å². The van der Waals surface area contributed by atoms with E-state index in [1.54, 1.807) is 36.4 Å². The second-order valence-corrected chi connectivity index (χ2v) is 14.2. The van der Waals surface area contributed by atoms with Crippen molar-refractivity contribution in [1.29, 1.82) is 0 Å². The fourth-order valence-electron chi connectivity index (χ4n) is 5.94. The number of rotatable bonds is 14. The molecule has 0 spiro atoms. The molecular formula is C38H41F3N4O8S. The summed E-state index contributed by atoms with van der Waals surface area (Å²) in [6.07, 6.45) is -3.54. The van der Waals surface area contributed by atoms with Crippen LogP contribution in [0.3, 0.4) is 0 Å². The molecule has 1 saturated heterocycles. The summed E-state index contributed by atoms with van der Waals surface area (Å²) in [6, 6.07) is 23.9. The molecule has 0 aliphatic carbocycles. The normalized spacial score (nSPS) is 14.0. The van der Waals surface area contributed by atoms with Gasteiger partial charge in [0.2, 0.25) is 15.9 Å². The molecule has 16 heteroatoms. The van der Waals surface area contributed by atoms with E-state index in [2.05, 4.69) is 10.6 Å². The molecule has 2 amide bonds. The number of carboxylic acid groups (broad SMARTS) is 1. The van der Waals surface area contributed by atoms with Crippen LogP contribution in [0.25, 0.3) is 0 Å². The standard InChI is InChI=1S/C37H39F3N4O6S.CH2O2/c1-50-32-15-13-29(14-16-32)44(51(2,48)49)31-21-27(20-30(22-31)43-17-7-12-35(43)46)36(47)42-33(19-25-8-4-3-5-9-25)34(45)24-41-23-26-10-6-11-28(18-26)37(38,39)40;2-1-3/h3-6,8-11,13-16,18,20-22,33-34,41,45H,7,12,17,19,23-24H2,1-2H3,(H,42,47);1H,(H,2,3)/t33-,34+;/m0./s1. The Morgan fingerprint density at radius 2 is 1.65 bits per heavy atom. The van der Waals surface area contributed by atoms with Gasteiger partial charge in [0.1, 0.15) is 5.75 Å². The summed E-state index contributed by atoms with van der Waals surface area (Å²) in [5.41, 5.74) is 1.17. The molecule has 0 radical (unpaired) electrons. The maximum absolute atomic E-state index is 14.0. The van der Waals surface area contributed by atoms with Crippen LogP contribution in [0.2, 0.25) is 0 Å². The van der Waals surface area contributed by atoms with Gasteiger partial charge in [0, 0.05) is 37.3 Å². The predicted molar refractivity (Wildman–Crippen MR) is 197 cm³/mol. The third-order valence-electron chi connectivity index (χ3n) is 8.44. The zero-order valence-corrected chi connectivity index (χ0v) is 30.3. The van der Waals surface area contributed by atoms with Crippen LogP contribution in [0.15, 0.2) is 97.1 Å². The van der Waals surface area contributed by atoms with E-state index in [9.17, 15) is 36.3 Å². The van der Waals surface area contributed by atoms with E-state index in [0.717, 1.165) is 28.3 Å². The number of sulfonamides is 1. The summed E-state index contributed by atoms with van der Waals surface area (Å²) >= 11 is 0. The van der Waals surface area contributed by atoms with E-state index in [1.807, 2.05) is 30.3 Å². The molecule has 1 aliphatic rings. The Hall–Kier alpha value is -5.45. The monoisotopic (exact) mass is 770 g/mol. The first-order chi connectivity index (χ1) is 25.6. The molecular weight excluding hydrogens is 729 g/mol. The summed E-state index contributed by atoms with van der Waals surface area (Å²) in [5, 5.41) is 24.1. The highest BCUT2D eigenvalue weighted by Gasteiger charge is 2.31. The maximum atomic E-state index is 14.0. The lowest BCUT2D eigenvalue weighted by Crippen LogP contribution is -2.48. The van der Waals surface area contributed by atoms with E-state index in [-0.39, 0.29) is 48.8 Å². The summed E-state index contributed by atoms with van der Waals surface area (Å²) in [4.78, 5) is 36.7. The van der Waals surface area contributed by atoms with Gasteiger partial charge >= 0.3 is 6.18 Å². The number of nitrogens with zero attached hydrogens (tertiary/aromatic N) is 2. The molecule has 54 heavy (non-hydrogen) atoms. The number of amides is 2. The summed E-state index contributed by atoms with van der Waals surface area (Å²) in [5.74, 6) is -0.292. The molecule has 1 heterocycles. The number of hydrogen-bond donors (Lipinski definition) is 4. The van der Waals surface area contributed by atoms with Crippen LogP contribution in [0.5, 0.6) is 5.75 Å². The Morgan fingerprint density at radius 1 is 0.981 bits per heavy atom. The minimum absolute atomic E-state index is 0.0366. The number of nitrogens with one attached hydrogen (secondary N) is 2. The van der Waals surface area contributed by atoms with Crippen molar-refractivity contribution in [2.75, 3.05) is 35.7 Å². The van der Waals surface area contributed by atoms with Crippen molar-refractivity contribution >= 4 is 45.4 Å². The van der Waals surface area contributed by atoms with Crippen molar-refractivity contribution in [2.45, 2.75) is 44.1 Å². The third kappa shape index (κ3) is 11.3. The van der Waals surface area contributed by atoms with Gasteiger partial charge in [-0.15, -0.1) is 0 Å². The molecule has 288 valence electrons. The van der Waals surface area contributed by atoms with Crippen molar-refractivity contribution in [3.8, 4) is 5.75 Å². The van der Waals surface area contributed by atoms with Crippen LogP contribution in [0, 0.1) is 0 Å². The maximum Gasteiger partial charge on any atom is 0.416 e. The van der Waals surface area contributed by atoms with Crippen LogP contribution in [0.1, 0.15) is 39.9 Å². The lowest BCUT2D eigenvalue weighted by Gasteiger charge is -2.27. The molecule has 0 bridgehead atoms. The molecule has 2 atom stereocenters. The van der Waals surface area contributed by atoms with Crippen LogP contribution in [0.4, 0.5) is 30.2 Å². The molecule has 1 fully saturated rings. The van der Waals surface area contributed by atoms with Gasteiger partial charge in [-0.3, -0.25) is 14.4 Å². The van der Waals surface area contributed by atoms with Crippen molar-refractivity contribution in [3.63, 3.8) is 0 Å². The molecule has 0 unspecified atom stereocenters.